The number of rotatable bonds is 8. The van der Waals surface area contributed by atoms with Crippen LogP contribution < -0.4 is 4.90 Å². The lowest BCUT2D eigenvalue weighted by atomic mass is 9.97. The molecule has 0 bridgehead atoms. The molecule has 0 atom stereocenters. The van der Waals surface area contributed by atoms with E-state index < -0.39 is 0 Å². The Bertz CT molecular complexity index is 1400. The number of piperazine rings is 1. The Morgan fingerprint density at radius 3 is 2.44 bits per heavy atom. The molecule has 10 nitrogen and oxygen atoms in total. The number of aromatic nitrogens is 3. The number of nitrogens with zero attached hydrogens (tertiary/aromatic N) is 7. The second-order valence-corrected chi connectivity index (χ2v) is 11.8. The van der Waals surface area contributed by atoms with Gasteiger partial charge in [-0.1, -0.05) is 50.2 Å². The molecule has 41 heavy (non-hydrogen) atoms. The van der Waals surface area contributed by atoms with Crippen LogP contribution in [0.15, 0.2) is 53.3 Å². The Balaban J connectivity index is 1.43. The van der Waals surface area contributed by atoms with Gasteiger partial charge in [0.2, 0.25) is 11.8 Å². The van der Waals surface area contributed by atoms with Crippen LogP contribution in [0.2, 0.25) is 0 Å². The highest BCUT2D eigenvalue weighted by molar-refractivity contribution is 5.90. The van der Waals surface area contributed by atoms with Crippen molar-refractivity contribution in [3.8, 4) is 11.1 Å². The molecule has 0 radical (unpaired) electrons. The minimum atomic E-state index is -0.323. The zero-order chi connectivity index (χ0) is 29.7. The number of hydrogen-bond acceptors (Lipinski definition) is 8. The first-order valence-corrected chi connectivity index (χ1v) is 13.9. The van der Waals surface area contributed by atoms with Crippen LogP contribution in [-0.2, 0) is 16.8 Å². The fourth-order valence-electron chi connectivity index (χ4n) is 4.67. The SMILES string of the molecule is Cc1cc(-c2ccncc2N2CCN(C(=O)C=CCN(C)C)CC2)ccc1CN(C)C(=O)c1noc(C(C)(C)C)n1. The maximum absolute atomic E-state index is 13.0. The van der Waals surface area contributed by atoms with Crippen LogP contribution in [0.25, 0.3) is 11.1 Å². The summed E-state index contributed by atoms with van der Waals surface area (Å²) in [6.45, 7) is 11.9. The minimum absolute atomic E-state index is 0.0570. The largest absolute Gasteiger partial charge is 0.366 e. The van der Waals surface area contributed by atoms with Crippen molar-refractivity contribution in [3.05, 3.63) is 71.7 Å². The van der Waals surface area contributed by atoms with E-state index in [1.54, 1.807) is 24.2 Å². The molecule has 4 rings (SSSR count). The van der Waals surface area contributed by atoms with Gasteiger partial charge in [0, 0.05) is 69.6 Å². The fraction of sp³-hybridized carbons (Fsp3) is 0.452. The summed E-state index contributed by atoms with van der Waals surface area (Å²) < 4.78 is 5.30. The summed E-state index contributed by atoms with van der Waals surface area (Å²) in [6.07, 6.45) is 7.28. The third-order valence-electron chi connectivity index (χ3n) is 7.13. The van der Waals surface area contributed by atoms with Gasteiger partial charge in [0.15, 0.2) is 0 Å². The Morgan fingerprint density at radius 2 is 1.80 bits per heavy atom. The standard InChI is InChI=1S/C31H41N7O3/c1-22-19-23(10-11-24(22)21-36(7)29(40)28-33-30(41-34-28)31(2,3)4)25-12-13-32-20-26(25)37-15-17-38(18-16-37)27(39)9-8-14-35(5)6/h8-13,19-20H,14-18,21H2,1-7H3. The number of likely N-dealkylation sites (N-methyl/N-ethyl adjacent to an activating group) is 1. The Morgan fingerprint density at radius 1 is 1.07 bits per heavy atom. The highest BCUT2D eigenvalue weighted by Gasteiger charge is 2.26. The van der Waals surface area contributed by atoms with Crippen molar-refractivity contribution in [2.75, 3.05) is 58.8 Å². The van der Waals surface area contributed by atoms with Gasteiger partial charge in [0.25, 0.3) is 11.7 Å². The number of amides is 2. The smallest absolute Gasteiger partial charge is 0.295 e. The Kier molecular flexibility index (Phi) is 9.22. The van der Waals surface area contributed by atoms with E-state index in [2.05, 4.69) is 45.1 Å². The first kappa shape index (κ1) is 29.9. The molecular formula is C31H41N7O3. The highest BCUT2D eigenvalue weighted by atomic mass is 16.5. The van der Waals surface area contributed by atoms with Gasteiger partial charge in [-0.25, -0.2) is 0 Å². The van der Waals surface area contributed by atoms with Crippen LogP contribution in [0.1, 0.15) is 48.4 Å². The van der Waals surface area contributed by atoms with Gasteiger partial charge in [-0.3, -0.25) is 14.6 Å². The fourth-order valence-corrected chi connectivity index (χ4v) is 4.67. The summed E-state index contributed by atoms with van der Waals surface area (Å²) in [4.78, 5) is 42.0. The van der Waals surface area contributed by atoms with Crippen molar-refractivity contribution >= 4 is 17.5 Å². The van der Waals surface area contributed by atoms with Gasteiger partial charge in [0.1, 0.15) is 0 Å². The second kappa shape index (κ2) is 12.6. The zero-order valence-electron chi connectivity index (χ0n) is 25.2. The summed E-state index contributed by atoms with van der Waals surface area (Å²) in [5.41, 5.74) is 5.01. The third-order valence-corrected chi connectivity index (χ3v) is 7.13. The van der Waals surface area contributed by atoms with Gasteiger partial charge in [-0.2, -0.15) is 4.98 Å². The first-order chi connectivity index (χ1) is 19.4. The predicted octanol–water partition coefficient (Wildman–Crippen LogP) is 3.78. The molecule has 1 saturated heterocycles. The van der Waals surface area contributed by atoms with Gasteiger partial charge >= 0.3 is 0 Å². The monoisotopic (exact) mass is 559 g/mol. The number of hydrogen-bond donors (Lipinski definition) is 0. The number of anilines is 1. The third kappa shape index (κ3) is 7.38. The Labute approximate surface area is 242 Å². The van der Waals surface area contributed by atoms with E-state index in [1.807, 2.05) is 63.0 Å². The van der Waals surface area contributed by atoms with Crippen LogP contribution in [0.4, 0.5) is 5.69 Å². The molecule has 0 aliphatic carbocycles. The Hall–Kier alpha value is -4.05. The number of benzene rings is 1. The van der Waals surface area contributed by atoms with Crippen molar-refractivity contribution in [3.63, 3.8) is 0 Å². The quantitative estimate of drug-likeness (QED) is 0.385. The van der Waals surface area contributed by atoms with Crippen molar-refractivity contribution in [1.82, 2.24) is 29.8 Å². The molecule has 1 aliphatic rings. The summed E-state index contributed by atoms with van der Waals surface area (Å²) in [6, 6.07) is 8.32. The minimum Gasteiger partial charge on any atom is -0.366 e. The van der Waals surface area contributed by atoms with E-state index >= 15 is 0 Å². The summed E-state index contributed by atoms with van der Waals surface area (Å²) >= 11 is 0. The van der Waals surface area contributed by atoms with E-state index in [9.17, 15) is 9.59 Å². The molecule has 218 valence electrons. The topological polar surface area (TPSA) is 98.9 Å². The normalized spacial score (nSPS) is 14.2. The summed E-state index contributed by atoms with van der Waals surface area (Å²) in [7, 11) is 5.70. The molecule has 10 heteroatoms. The molecule has 3 aromatic rings. The molecule has 0 spiro atoms. The average molecular weight is 560 g/mol. The van der Waals surface area contributed by atoms with Gasteiger partial charge in [-0.15, -0.1) is 0 Å². The molecule has 0 unspecified atom stereocenters. The van der Waals surface area contributed by atoms with Crippen molar-refractivity contribution in [2.45, 2.75) is 39.7 Å². The van der Waals surface area contributed by atoms with E-state index in [-0.39, 0.29) is 23.1 Å². The molecule has 1 aliphatic heterocycles. The molecule has 1 fully saturated rings. The lowest BCUT2D eigenvalue weighted by Crippen LogP contribution is -2.48. The molecule has 1 aromatic carbocycles. The van der Waals surface area contributed by atoms with Crippen molar-refractivity contribution < 1.29 is 14.1 Å². The van der Waals surface area contributed by atoms with Crippen molar-refractivity contribution in [2.24, 2.45) is 0 Å². The van der Waals surface area contributed by atoms with Crippen LogP contribution in [0.3, 0.4) is 0 Å². The molecule has 0 saturated carbocycles. The predicted molar refractivity (Wildman–Crippen MR) is 160 cm³/mol. The van der Waals surface area contributed by atoms with Crippen LogP contribution in [-0.4, -0.2) is 95.5 Å². The van der Waals surface area contributed by atoms with Gasteiger partial charge in [0.05, 0.1) is 11.9 Å². The lowest BCUT2D eigenvalue weighted by molar-refractivity contribution is -0.126. The van der Waals surface area contributed by atoms with Crippen LogP contribution >= 0.6 is 0 Å². The number of carbonyl (C=O) groups excluding carboxylic acids is 2. The molecule has 2 amide bonds. The molecular weight excluding hydrogens is 518 g/mol. The summed E-state index contributed by atoms with van der Waals surface area (Å²) in [5, 5.41) is 3.89. The lowest BCUT2D eigenvalue weighted by Gasteiger charge is -2.36. The second-order valence-electron chi connectivity index (χ2n) is 11.8. The van der Waals surface area contributed by atoms with Crippen molar-refractivity contribution in [1.29, 1.82) is 0 Å². The van der Waals surface area contributed by atoms with Crippen LogP contribution in [0.5, 0.6) is 0 Å². The van der Waals surface area contributed by atoms with E-state index in [4.69, 9.17) is 4.52 Å². The van der Waals surface area contributed by atoms with E-state index in [1.165, 1.54) is 0 Å². The summed E-state index contributed by atoms with van der Waals surface area (Å²) in [5.74, 6) is 0.281. The first-order valence-electron chi connectivity index (χ1n) is 13.9. The average Bonchev–Trinajstić information content (AvgIpc) is 3.45. The van der Waals surface area contributed by atoms with Crippen LogP contribution in [0, 0.1) is 6.92 Å². The number of aryl methyl sites for hydroxylation is 1. The number of pyridine rings is 1. The van der Waals surface area contributed by atoms with E-state index in [0.717, 1.165) is 47.6 Å². The van der Waals surface area contributed by atoms with E-state index in [0.29, 0.717) is 25.5 Å². The number of carbonyl (C=O) groups is 2. The van der Waals surface area contributed by atoms with Gasteiger partial charge < -0.3 is 24.1 Å². The maximum Gasteiger partial charge on any atom is 0.295 e. The molecule has 3 heterocycles. The maximum atomic E-state index is 13.0. The highest BCUT2D eigenvalue weighted by Crippen LogP contribution is 2.32. The molecule has 2 aromatic heterocycles. The molecule has 0 N–H and O–H groups in total. The van der Waals surface area contributed by atoms with Gasteiger partial charge in [-0.05, 0) is 43.8 Å². The zero-order valence-corrected chi connectivity index (χ0v) is 25.2.